The molecule has 0 aromatic heterocycles. The Balaban J connectivity index is 1.77. The molecule has 1 nitrogen and oxygen atoms in total. The van der Waals surface area contributed by atoms with Crippen molar-refractivity contribution in [1.82, 2.24) is 0 Å². The van der Waals surface area contributed by atoms with Gasteiger partial charge in [-0.15, -0.1) is 0 Å². The predicted molar refractivity (Wildman–Crippen MR) is 109 cm³/mol. The molecule has 0 fully saturated rings. The summed E-state index contributed by atoms with van der Waals surface area (Å²) in [7, 11) is 0. The first kappa shape index (κ1) is 15.1. The second-order valence-corrected chi connectivity index (χ2v) is 7.50. The van der Waals surface area contributed by atoms with Crippen LogP contribution >= 0.6 is 11.6 Å². The van der Waals surface area contributed by atoms with Crippen molar-refractivity contribution in [2.75, 3.05) is 0 Å². The van der Waals surface area contributed by atoms with Gasteiger partial charge < -0.3 is 4.74 Å². The molecule has 0 unspecified atom stereocenters. The fraction of sp³-hybridized carbons (Fsp3) is 0.0400. The van der Waals surface area contributed by atoms with Crippen LogP contribution in [0.15, 0.2) is 91.0 Å². The van der Waals surface area contributed by atoms with Crippen LogP contribution in [0.25, 0.3) is 22.3 Å². The zero-order valence-corrected chi connectivity index (χ0v) is 15.2. The minimum atomic E-state index is -0.634. The van der Waals surface area contributed by atoms with Gasteiger partial charge in [0.25, 0.3) is 0 Å². The van der Waals surface area contributed by atoms with Crippen molar-refractivity contribution in [3.8, 4) is 28.0 Å². The highest BCUT2D eigenvalue weighted by atomic mass is 35.5. The minimum absolute atomic E-state index is 0.634. The molecule has 128 valence electrons. The molecule has 6 rings (SSSR count). The summed E-state index contributed by atoms with van der Waals surface area (Å²) in [5, 5.41) is 0.718. The van der Waals surface area contributed by atoms with Crippen LogP contribution in [-0.4, -0.2) is 0 Å². The summed E-state index contributed by atoms with van der Waals surface area (Å²) < 4.78 is 6.86. The molecule has 1 heterocycles. The summed E-state index contributed by atoms with van der Waals surface area (Å²) in [6.45, 7) is 0. The Morgan fingerprint density at radius 3 is 1.59 bits per heavy atom. The lowest BCUT2D eigenvalue weighted by Crippen LogP contribution is -2.36. The van der Waals surface area contributed by atoms with Gasteiger partial charge >= 0.3 is 0 Å². The van der Waals surface area contributed by atoms with Gasteiger partial charge in [-0.1, -0.05) is 84.4 Å². The Hall–Kier alpha value is -3.03. The summed E-state index contributed by atoms with van der Waals surface area (Å²) >= 11 is 6.30. The molecule has 27 heavy (non-hydrogen) atoms. The number of hydrogen-bond acceptors (Lipinski definition) is 1. The van der Waals surface area contributed by atoms with E-state index in [2.05, 4.69) is 72.8 Å². The van der Waals surface area contributed by atoms with Gasteiger partial charge in [-0.25, -0.2) is 0 Å². The van der Waals surface area contributed by atoms with Crippen LogP contribution in [0.5, 0.6) is 5.75 Å². The summed E-state index contributed by atoms with van der Waals surface area (Å²) in [4.78, 5) is 0. The molecule has 0 saturated heterocycles. The number of hydrogen-bond donors (Lipinski definition) is 0. The van der Waals surface area contributed by atoms with E-state index < -0.39 is 5.60 Å². The lowest BCUT2D eigenvalue weighted by atomic mass is 9.78. The quantitative estimate of drug-likeness (QED) is 0.337. The highest BCUT2D eigenvalue weighted by Gasteiger charge is 2.50. The lowest BCUT2D eigenvalue weighted by molar-refractivity contribution is 0.157. The van der Waals surface area contributed by atoms with Crippen LogP contribution in [-0.2, 0) is 5.60 Å². The fourth-order valence-corrected chi connectivity index (χ4v) is 4.81. The first-order chi connectivity index (χ1) is 13.3. The standard InChI is InChI=1S/C25H15ClO/c26-16-13-14-24-20(15-16)19-9-3-6-12-23(19)25(27-24)21-10-4-1-7-17(21)18-8-2-5-11-22(18)25/h1-15H. The zero-order valence-electron chi connectivity index (χ0n) is 14.4. The Bertz CT molecular complexity index is 1180. The van der Waals surface area contributed by atoms with Crippen LogP contribution < -0.4 is 4.74 Å². The highest BCUT2D eigenvalue weighted by Crippen LogP contribution is 2.58. The molecule has 0 amide bonds. The first-order valence-electron chi connectivity index (χ1n) is 9.07. The van der Waals surface area contributed by atoms with Crippen LogP contribution in [0.1, 0.15) is 16.7 Å². The number of rotatable bonds is 0. The summed E-state index contributed by atoms with van der Waals surface area (Å²) in [5.74, 6) is 0.865. The molecule has 4 aromatic carbocycles. The highest BCUT2D eigenvalue weighted by molar-refractivity contribution is 6.31. The molecule has 1 aliphatic heterocycles. The van der Waals surface area contributed by atoms with Gasteiger partial charge in [-0.05, 0) is 34.9 Å². The van der Waals surface area contributed by atoms with Crippen LogP contribution in [0, 0.1) is 0 Å². The predicted octanol–water partition coefficient (Wildman–Crippen LogP) is 6.67. The van der Waals surface area contributed by atoms with Crippen molar-refractivity contribution < 1.29 is 4.74 Å². The summed E-state index contributed by atoms with van der Waals surface area (Å²) in [6.07, 6.45) is 0. The van der Waals surface area contributed by atoms with Crippen LogP contribution in [0.3, 0.4) is 0 Å². The molecule has 0 atom stereocenters. The normalized spacial score (nSPS) is 14.7. The third-order valence-corrected chi connectivity index (χ3v) is 5.94. The van der Waals surface area contributed by atoms with E-state index in [9.17, 15) is 0 Å². The van der Waals surface area contributed by atoms with Crippen molar-refractivity contribution in [3.63, 3.8) is 0 Å². The van der Waals surface area contributed by atoms with Gasteiger partial charge in [-0.2, -0.15) is 0 Å². The first-order valence-corrected chi connectivity index (χ1v) is 9.45. The van der Waals surface area contributed by atoms with E-state index in [4.69, 9.17) is 16.3 Å². The fourth-order valence-electron chi connectivity index (χ4n) is 4.64. The second kappa shape index (κ2) is 5.25. The maximum Gasteiger partial charge on any atom is 0.186 e. The second-order valence-electron chi connectivity index (χ2n) is 7.06. The van der Waals surface area contributed by atoms with E-state index in [1.54, 1.807) is 0 Å². The maximum atomic E-state index is 6.86. The van der Waals surface area contributed by atoms with Gasteiger partial charge in [-0.3, -0.25) is 0 Å². The zero-order chi connectivity index (χ0) is 18.0. The SMILES string of the molecule is Clc1ccc2c(c1)-c1ccccc1C1(O2)c2ccccc2-c2ccccc21. The van der Waals surface area contributed by atoms with E-state index in [0.29, 0.717) is 0 Å². The lowest BCUT2D eigenvalue weighted by Gasteiger charge is -2.39. The maximum absolute atomic E-state index is 6.86. The van der Waals surface area contributed by atoms with Crippen molar-refractivity contribution in [3.05, 3.63) is 113 Å². The largest absolute Gasteiger partial charge is 0.472 e. The topological polar surface area (TPSA) is 9.23 Å². The molecule has 2 heteroatoms. The Kier molecular flexibility index (Phi) is 2.93. The molecule has 0 radical (unpaired) electrons. The van der Waals surface area contributed by atoms with Crippen molar-refractivity contribution >= 4 is 11.6 Å². The Labute approximate surface area is 162 Å². The minimum Gasteiger partial charge on any atom is -0.472 e. The van der Waals surface area contributed by atoms with E-state index >= 15 is 0 Å². The smallest absolute Gasteiger partial charge is 0.186 e. The van der Waals surface area contributed by atoms with Crippen molar-refractivity contribution in [2.45, 2.75) is 5.60 Å². The van der Waals surface area contributed by atoms with Crippen molar-refractivity contribution in [2.24, 2.45) is 0 Å². The molecule has 2 aliphatic rings. The van der Waals surface area contributed by atoms with Gasteiger partial charge in [0.2, 0.25) is 0 Å². The number of halogens is 1. The molecular formula is C25H15ClO. The average Bonchev–Trinajstić information content (AvgIpc) is 3.00. The van der Waals surface area contributed by atoms with E-state index in [-0.39, 0.29) is 0 Å². The summed E-state index contributed by atoms with van der Waals surface area (Å²) in [6, 6.07) is 31.5. The average molecular weight is 367 g/mol. The van der Waals surface area contributed by atoms with E-state index in [1.165, 1.54) is 27.8 Å². The molecule has 0 saturated carbocycles. The van der Waals surface area contributed by atoms with Gasteiger partial charge in [0, 0.05) is 27.3 Å². The van der Waals surface area contributed by atoms with Crippen LogP contribution in [0.2, 0.25) is 5.02 Å². The van der Waals surface area contributed by atoms with E-state index in [0.717, 1.165) is 21.9 Å². The Morgan fingerprint density at radius 2 is 1.04 bits per heavy atom. The third-order valence-electron chi connectivity index (χ3n) is 5.70. The van der Waals surface area contributed by atoms with Crippen LogP contribution in [0.4, 0.5) is 0 Å². The van der Waals surface area contributed by atoms with Gasteiger partial charge in [0.1, 0.15) is 5.75 Å². The molecule has 0 bridgehead atoms. The number of ether oxygens (including phenoxy) is 1. The third kappa shape index (κ3) is 1.85. The van der Waals surface area contributed by atoms with Crippen molar-refractivity contribution in [1.29, 1.82) is 0 Å². The van der Waals surface area contributed by atoms with Gasteiger partial charge in [0.05, 0.1) is 0 Å². The van der Waals surface area contributed by atoms with Gasteiger partial charge in [0.15, 0.2) is 5.60 Å². The molecule has 1 aliphatic carbocycles. The molecule has 0 N–H and O–H groups in total. The molecular weight excluding hydrogens is 352 g/mol. The Morgan fingerprint density at radius 1 is 0.556 bits per heavy atom. The molecule has 4 aromatic rings. The monoisotopic (exact) mass is 366 g/mol. The molecule has 1 spiro atoms. The summed E-state index contributed by atoms with van der Waals surface area (Å²) in [5.41, 5.74) is 7.61. The number of fused-ring (bicyclic) bond motifs is 9. The number of benzene rings is 4. The van der Waals surface area contributed by atoms with E-state index in [1.807, 2.05) is 18.2 Å².